The number of nitro benzene ring substituents is 1. The lowest BCUT2D eigenvalue weighted by Gasteiger charge is -2.37. The molecule has 0 aromatic heterocycles. The molecule has 0 N–H and O–H groups in total. The summed E-state index contributed by atoms with van der Waals surface area (Å²) in [4.78, 5) is 9.92. The normalized spacial score (nSPS) is 14.9. The third-order valence-electron chi connectivity index (χ3n) is 4.54. The zero-order valence-electron chi connectivity index (χ0n) is 15.5. The van der Waals surface area contributed by atoms with Gasteiger partial charge in [0.15, 0.2) is 0 Å². The molecule has 2 aromatic rings. The van der Waals surface area contributed by atoms with Gasteiger partial charge in [0.2, 0.25) is 0 Å². The lowest BCUT2D eigenvalue weighted by Crippen LogP contribution is -2.60. The topological polar surface area (TPSA) is 43.1 Å². The summed E-state index contributed by atoms with van der Waals surface area (Å²) in [6.45, 7) is 1.35. The summed E-state index contributed by atoms with van der Waals surface area (Å²) < 4.78 is 123. The molecule has 0 bridgehead atoms. The Labute approximate surface area is 187 Å². The summed E-state index contributed by atoms with van der Waals surface area (Å²) in [6.07, 6.45) is -13.8. The third kappa shape index (κ3) is 4.16. The van der Waals surface area contributed by atoms with Gasteiger partial charge in [0.25, 0.3) is 5.69 Å². The summed E-state index contributed by atoms with van der Waals surface area (Å²) >= 11 is 8.64. The standard InChI is InChI=1S/C18H10BrClF9NO2/c1-2-8-5-11(15(21,17(24,25)26)16(22,23)18(27,28)29)14(12(19)6-8)10-4-3-9(30(31)32)7-13(10)20/h3-7H,2H2,1H3. The predicted octanol–water partition coefficient (Wildman–Crippen LogP) is 8.16. The molecule has 2 rings (SSSR count). The van der Waals surface area contributed by atoms with Crippen molar-refractivity contribution in [1.29, 1.82) is 0 Å². The molecule has 176 valence electrons. The van der Waals surface area contributed by atoms with Crippen LogP contribution in [0, 0.1) is 10.1 Å². The number of hydrogen-bond acceptors (Lipinski definition) is 2. The van der Waals surface area contributed by atoms with Crippen molar-refractivity contribution in [3.63, 3.8) is 0 Å². The molecule has 1 atom stereocenters. The van der Waals surface area contributed by atoms with E-state index in [1.807, 2.05) is 0 Å². The number of hydrogen-bond donors (Lipinski definition) is 0. The number of nitro groups is 1. The van der Waals surface area contributed by atoms with Gasteiger partial charge in [0.05, 0.1) is 9.95 Å². The molecule has 3 nitrogen and oxygen atoms in total. The highest BCUT2D eigenvalue weighted by atomic mass is 79.9. The summed E-state index contributed by atoms with van der Waals surface area (Å²) in [6, 6.07) is 3.40. The van der Waals surface area contributed by atoms with E-state index in [9.17, 15) is 45.2 Å². The number of non-ortho nitro benzene ring substituents is 1. The maximum atomic E-state index is 15.3. The monoisotopic (exact) mass is 557 g/mol. The van der Waals surface area contributed by atoms with E-state index in [-0.39, 0.29) is 18.1 Å². The second-order valence-electron chi connectivity index (χ2n) is 6.50. The van der Waals surface area contributed by atoms with Crippen LogP contribution in [0.3, 0.4) is 0 Å². The molecule has 0 aliphatic heterocycles. The number of benzene rings is 2. The Kier molecular flexibility index (Phi) is 6.88. The number of rotatable bonds is 5. The fourth-order valence-corrected chi connectivity index (χ4v) is 3.92. The van der Waals surface area contributed by atoms with E-state index in [2.05, 4.69) is 15.9 Å². The quantitative estimate of drug-likeness (QED) is 0.211. The number of halogens is 11. The van der Waals surface area contributed by atoms with E-state index in [1.165, 1.54) is 6.92 Å². The van der Waals surface area contributed by atoms with Gasteiger partial charge in [0, 0.05) is 33.3 Å². The Bertz CT molecular complexity index is 1060. The van der Waals surface area contributed by atoms with E-state index in [4.69, 9.17) is 11.6 Å². The second kappa shape index (κ2) is 8.40. The van der Waals surface area contributed by atoms with Crippen molar-refractivity contribution < 1.29 is 44.4 Å². The highest BCUT2D eigenvalue weighted by Gasteiger charge is 2.82. The number of aryl methyl sites for hydroxylation is 1. The van der Waals surface area contributed by atoms with Crippen LogP contribution in [-0.4, -0.2) is 23.2 Å². The molecule has 0 aliphatic rings. The van der Waals surface area contributed by atoms with E-state index in [1.54, 1.807) is 0 Å². The van der Waals surface area contributed by atoms with Gasteiger partial charge in [0.1, 0.15) is 0 Å². The van der Waals surface area contributed by atoms with Crippen LogP contribution < -0.4 is 0 Å². The first-order valence-corrected chi connectivity index (χ1v) is 9.54. The van der Waals surface area contributed by atoms with Gasteiger partial charge in [-0.05, 0) is 24.1 Å². The molecule has 1 unspecified atom stereocenters. The maximum Gasteiger partial charge on any atom is 0.457 e. The van der Waals surface area contributed by atoms with Crippen molar-refractivity contribution in [1.82, 2.24) is 0 Å². The summed E-state index contributed by atoms with van der Waals surface area (Å²) in [5, 5.41) is 10.2. The number of alkyl halides is 9. The van der Waals surface area contributed by atoms with Crippen LogP contribution >= 0.6 is 27.5 Å². The van der Waals surface area contributed by atoms with Crippen molar-refractivity contribution >= 4 is 33.2 Å². The molecule has 0 spiro atoms. The molecule has 0 saturated carbocycles. The van der Waals surface area contributed by atoms with E-state index in [0.717, 1.165) is 18.2 Å². The van der Waals surface area contributed by atoms with Crippen molar-refractivity contribution in [2.75, 3.05) is 0 Å². The Morgan fingerprint density at radius 1 is 0.969 bits per heavy atom. The summed E-state index contributed by atoms with van der Waals surface area (Å²) in [5.41, 5.74) is -10.8. The first kappa shape index (κ1) is 26.2. The maximum absolute atomic E-state index is 15.3. The molecular formula is C18H10BrClF9NO2. The fraction of sp³-hybridized carbons (Fsp3) is 0.333. The smallest absolute Gasteiger partial charge is 0.258 e. The van der Waals surface area contributed by atoms with Crippen LogP contribution in [-0.2, 0) is 12.1 Å². The largest absolute Gasteiger partial charge is 0.457 e. The zero-order chi connectivity index (χ0) is 24.9. The molecule has 0 aliphatic carbocycles. The van der Waals surface area contributed by atoms with Crippen molar-refractivity contribution in [2.45, 2.75) is 37.3 Å². The minimum absolute atomic E-state index is 0.147. The van der Waals surface area contributed by atoms with Crippen LogP contribution in [0.15, 0.2) is 34.8 Å². The van der Waals surface area contributed by atoms with Gasteiger partial charge in [-0.25, -0.2) is 4.39 Å². The van der Waals surface area contributed by atoms with Crippen LogP contribution in [0.5, 0.6) is 0 Å². The first-order valence-electron chi connectivity index (χ1n) is 8.37. The molecule has 0 saturated heterocycles. The lowest BCUT2D eigenvalue weighted by molar-refractivity contribution is -0.389. The molecule has 0 fully saturated rings. The molecular weight excluding hydrogens is 549 g/mol. The SMILES string of the molecule is CCc1cc(Br)c(-c2ccc([N+](=O)[O-])cc2Cl)c(C(F)(C(F)(F)F)C(F)(F)C(F)(F)F)c1. The second-order valence-corrected chi connectivity index (χ2v) is 7.76. The Hall–Kier alpha value is -2.02. The lowest BCUT2D eigenvalue weighted by atomic mass is 9.81. The van der Waals surface area contributed by atoms with Gasteiger partial charge in [-0.15, -0.1) is 0 Å². The van der Waals surface area contributed by atoms with Crippen molar-refractivity contribution in [3.05, 3.63) is 61.1 Å². The van der Waals surface area contributed by atoms with Crippen LogP contribution in [0.2, 0.25) is 5.02 Å². The van der Waals surface area contributed by atoms with Crippen LogP contribution in [0.4, 0.5) is 45.2 Å². The number of nitrogens with zero attached hydrogens (tertiary/aromatic N) is 1. The first-order chi connectivity index (χ1) is 14.4. The zero-order valence-corrected chi connectivity index (χ0v) is 17.9. The van der Waals surface area contributed by atoms with Crippen molar-refractivity contribution in [2.24, 2.45) is 0 Å². The predicted molar refractivity (Wildman–Crippen MR) is 100 cm³/mol. The molecule has 0 radical (unpaired) electrons. The Morgan fingerprint density at radius 2 is 1.53 bits per heavy atom. The summed E-state index contributed by atoms with van der Waals surface area (Å²) in [5.74, 6) is -6.90. The fourth-order valence-electron chi connectivity index (χ4n) is 2.93. The minimum Gasteiger partial charge on any atom is -0.258 e. The Balaban J connectivity index is 3.06. The minimum atomic E-state index is -6.91. The van der Waals surface area contributed by atoms with E-state index >= 15 is 4.39 Å². The van der Waals surface area contributed by atoms with Gasteiger partial charge in [-0.3, -0.25) is 10.1 Å². The van der Waals surface area contributed by atoms with Gasteiger partial charge in [-0.1, -0.05) is 40.5 Å². The highest BCUT2D eigenvalue weighted by molar-refractivity contribution is 9.10. The molecule has 0 heterocycles. The van der Waals surface area contributed by atoms with Gasteiger partial charge < -0.3 is 0 Å². The van der Waals surface area contributed by atoms with Crippen LogP contribution in [0.1, 0.15) is 18.1 Å². The highest BCUT2D eigenvalue weighted by Crippen LogP contribution is 2.60. The molecule has 0 amide bonds. The molecule has 32 heavy (non-hydrogen) atoms. The third-order valence-corrected chi connectivity index (χ3v) is 5.48. The van der Waals surface area contributed by atoms with Crippen molar-refractivity contribution in [3.8, 4) is 11.1 Å². The van der Waals surface area contributed by atoms with Gasteiger partial charge in [-0.2, -0.15) is 35.1 Å². The Morgan fingerprint density at radius 3 is 1.94 bits per heavy atom. The van der Waals surface area contributed by atoms with Crippen LogP contribution in [0.25, 0.3) is 11.1 Å². The molecule has 2 aromatic carbocycles. The molecule has 14 heteroatoms. The summed E-state index contributed by atoms with van der Waals surface area (Å²) in [7, 11) is 0. The van der Waals surface area contributed by atoms with E-state index in [0.29, 0.717) is 6.07 Å². The average Bonchev–Trinajstić information content (AvgIpc) is 2.65. The average molecular weight is 559 g/mol. The van der Waals surface area contributed by atoms with Gasteiger partial charge >= 0.3 is 23.9 Å². The van der Waals surface area contributed by atoms with E-state index < -0.39 is 60.7 Å².